The molecule has 1 heteroatoms. The molecule has 1 nitrogen and oxygen atoms in total. The summed E-state index contributed by atoms with van der Waals surface area (Å²) < 4.78 is 0. The highest BCUT2D eigenvalue weighted by molar-refractivity contribution is 5.92. The van der Waals surface area contributed by atoms with Crippen molar-refractivity contribution in [2.75, 3.05) is 4.90 Å². The van der Waals surface area contributed by atoms with Gasteiger partial charge in [-0.2, -0.15) is 0 Å². The van der Waals surface area contributed by atoms with Crippen molar-refractivity contribution in [3.05, 3.63) is 238 Å². The molecule has 0 amide bonds. The monoisotopic (exact) mass is 745 g/mol. The second-order valence-corrected chi connectivity index (χ2v) is 15.2. The van der Waals surface area contributed by atoms with Crippen molar-refractivity contribution in [2.24, 2.45) is 0 Å². The summed E-state index contributed by atoms with van der Waals surface area (Å²) in [5.74, 6) is 0. The van der Waals surface area contributed by atoms with Gasteiger partial charge in [-0.25, -0.2) is 0 Å². The maximum Gasteiger partial charge on any atom is 0.0540 e. The third-order valence-corrected chi connectivity index (χ3v) is 11.9. The molecule has 0 aliphatic heterocycles. The number of rotatable bonds is 9. The number of hydrogen-bond acceptors (Lipinski definition) is 1. The van der Waals surface area contributed by atoms with E-state index in [2.05, 4.69) is 244 Å². The van der Waals surface area contributed by atoms with Gasteiger partial charge in [0, 0.05) is 22.4 Å². The third kappa shape index (κ3) is 6.59. The van der Waals surface area contributed by atoms with E-state index in [0.717, 1.165) is 23.5 Å². The van der Waals surface area contributed by atoms with Crippen LogP contribution < -0.4 is 15.3 Å². The zero-order chi connectivity index (χ0) is 39.5. The number of anilines is 3. The first kappa shape index (κ1) is 36.7. The van der Waals surface area contributed by atoms with Crippen LogP contribution in [0.15, 0.2) is 200 Å². The number of para-hydroxylation sites is 1. The number of aryl methyl sites for hydroxylation is 1. The quantitative estimate of drug-likeness (QED) is 0.142. The van der Waals surface area contributed by atoms with Crippen LogP contribution >= 0.6 is 0 Å². The lowest BCUT2D eigenvalue weighted by atomic mass is 9.69. The molecule has 1 unspecified atom stereocenters. The van der Waals surface area contributed by atoms with Crippen molar-refractivity contribution in [3.8, 4) is 33.4 Å². The predicted molar refractivity (Wildman–Crippen MR) is 248 cm³/mol. The van der Waals surface area contributed by atoms with Crippen LogP contribution in [0.2, 0.25) is 0 Å². The van der Waals surface area contributed by atoms with Gasteiger partial charge in [-0.05, 0) is 124 Å². The summed E-state index contributed by atoms with van der Waals surface area (Å²) >= 11 is 0. The Hall–Kier alpha value is -6.96. The highest BCUT2D eigenvalue weighted by atomic mass is 15.1. The highest BCUT2D eigenvalue weighted by Gasteiger charge is 2.44. The Morgan fingerprint density at radius 1 is 0.483 bits per heavy atom. The lowest BCUT2D eigenvalue weighted by Crippen LogP contribution is -2.30. The zero-order valence-corrected chi connectivity index (χ0v) is 33.4. The van der Waals surface area contributed by atoms with Crippen molar-refractivity contribution >= 4 is 35.3 Å². The Morgan fingerprint density at radius 2 is 1.09 bits per heavy atom. The van der Waals surface area contributed by atoms with E-state index in [-0.39, 0.29) is 0 Å². The lowest BCUT2D eigenvalue weighted by Gasteiger charge is -2.34. The van der Waals surface area contributed by atoms with Gasteiger partial charge >= 0.3 is 0 Å². The van der Waals surface area contributed by atoms with Crippen molar-refractivity contribution in [1.29, 1.82) is 0 Å². The Labute approximate surface area is 343 Å². The summed E-state index contributed by atoms with van der Waals surface area (Å²) in [6.45, 7) is 6.45. The van der Waals surface area contributed by atoms with Gasteiger partial charge in [-0.1, -0.05) is 188 Å². The average molecular weight is 746 g/mol. The fraction of sp³-hybridized carbons (Fsp3) is 0.0877. The summed E-state index contributed by atoms with van der Waals surface area (Å²) in [4.78, 5) is 2.45. The predicted octanol–water partition coefficient (Wildman–Crippen LogP) is 13.8. The Bertz CT molecular complexity index is 2880. The highest BCUT2D eigenvalue weighted by Crippen LogP contribution is 2.56. The van der Waals surface area contributed by atoms with Crippen molar-refractivity contribution in [2.45, 2.75) is 32.6 Å². The first-order valence-corrected chi connectivity index (χ1v) is 20.4. The van der Waals surface area contributed by atoms with Crippen LogP contribution in [0.1, 0.15) is 48.1 Å². The molecule has 0 bridgehead atoms. The molecule has 280 valence electrons. The summed E-state index contributed by atoms with van der Waals surface area (Å²) in [5.41, 5.74) is 16.7. The lowest BCUT2D eigenvalue weighted by molar-refractivity contribution is 0.661. The fourth-order valence-electron chi connectivity index (χ4n) is 9.02. The number of allylic oxidation sites excluding steroid dienone is 1. The average Bonchev–Trinajstić information content (AvgIpc) is 3.57. The second kappa shape index (κ2) is 15.9. The maximum absolute atomic E-state index is 2.49. The van der Waals surface area contributed by atoms with Gasteiger partial charge in [0.25, 0.3) is 0 Å². The molecule has 0 saturated carbocycles. The van der Waals surface area contributed by atoms with Gasteiger partial charge in [0.15, 0.2) is 0 Å². The summed E-state index contributed by atoms with van der Waals surface area (Å²) in [6, 6.07) is 71.4. The minimum absolute atomic E-state index is 0.450. The van der Waals surface area contributed by atoms with Crippen LogP contribution in [0, 0.1) is 6.92 Å². The van der Waals surface area contributed by atoms with Gasteiger partial charge in [0.05, 0.1) is 5.69 Å². The SMILES string of the molecule is C/C=C\c1cc(C2(C/C=c3/cccc/c3=C/C)c3ccccc3-c3ccc(N(c4ccc(-c5ccccc5)cc4)c4ccccc4-c4ccccc4)cc32)ccc1C. The number of hydrogen-bond donors (Lipinski definition) is 0. The van der Waals surface area contributed by atoms with E-state index in [0.29, 0.717) is 0 Å². The number of fused-ring (bicyclic) bond motifs is 3. The minimum atomic E-state index is -0.450. The van der Waals surface area contributed by atoms with Crippen LogP contribution in [-0.2, 0) is 5.41 Å². The van der Waals surface area contributed by atoms with Crippen molar-refractivity contribution in [1.82, 2.24) is 0 Å². The minimum Gasteiger partial charge on any atom is -0.310 e. The van der Waals surface area contributed by atoms with E-state index in [1.54, 1.807) is 0 Å². The molecule has 0 spiro atoms. The molecule has 0 N–H and O–H groups in total. The van der Waals surface area contributed by atoms with E-state index in [1.807, 2.05) is 0 Å². The number of nitrogens with zero attached hydrogens (tertiary/aromatic N) is 1. The molecule has 1 aliphatic rings. The Balaban J connectivity index is 1.31. The molecular formula is C57H47N. The molecular weight excluding hydrogens is 699 g/mol. The van der Waals surface area contributed by atoms with Crippen LogP contribution in [-0.4, -0.2) is 0 Å². The topological polar surface area (TPSA) is 3.24 Å². The van der Waals surface area contributed by atoms with Crippen LogP contribution in [0.5, 0.6) is 0 Å². The second-order valence-electron chi connectivity index (χ2n) is 15.2. The van der Waals surface area contributed by atoms with Crippen molar-refractivity contribution in [3.63, 3.8) is 0 Å². The molecule has 58 heavy (non-hydrogen) atoms. The first-order valence-electron chi connectivity index (χ1n) is 20.4. The molecule has 0 radical (unpaired) electrons. The number of benzene rings is 8. The maximum atomic E-state index is 2.49. The molecule has 0 heterocycles. The van der Waals surface area contributed by atoms with E-state index in [9.17, 15) is 0 Å². The Morgan fingerprint density at radius 3 is 1.83 bits per heavy atom. The van der Waals surface area contributed by atoms with Gasteiger partial charge in [-0.15, -0.1) is 0 Å². The largest absolute Gasteiger partial charge is 0.310 e. The molecule has 0 aromatic heterocycles. The summed E-state index contributed by atoms with van der Waals surface area (Å²) in [5, 5.41) is 2.50. The van der Waals surface area contributed by atoms with E-state index < -0.39 is 5.41 Å². The summed E-state index contributed by atoms with van der Waals surface area (Å²) in [6.07, 6.45) is 9.88. The van der Waals surface area contributed by atoms with Crippen molar-refractivity contribution < 1.29 is 0 Å². The molecule has 9 rings (SSSR count). The van der Waals surface area contributed by atoms with Gasteiger partial charge < -0.3 is 4.90 Å². The van der Waals surface area contributed by atoms with E-state index >= 15 is 0 Å². The van der Waals surface area contributed by atoms with Gasteiger partial charge in [0.2, 0.25) is 0 Å². The molecule has 1 atom stereocenters. The normalized spacial score (nSPS) is 15.1. The van der Waals surface area contributed by atoms with E-state index in [1.165, 1.54) is 71.6 Å². The first-order chi connectivity index (χ1) is 28.6. The standard InChI is InChI=1S/C57H47N/c1-4-18-47-39-48(32-29-41(47)3)57(38-37-44-22-13-12-19-42(44)5-2)54-27-16-14-26-52(54)53-36-35-50(40-55(53)57)58(49-33-30-45(31-34-49)43-20-8-6-9-21-43)56-28-17-15-25-51(56)46-23-10-7-11-24-46/h4-37,39-40H,38H2,1-3H3/b18-4-,42-5-,44-37-. The molecule has 8 aromatic rings. The van der Waals surface area contributed by atoms with Crippen LogP contribution in [0.3, 0.4) is 0 Å². The summed E-state index contributed by atoms with van der Waals surface area (Å²) in [7, 11) is 0. The fourth-order valence-corrected chi connectivity index (χ4v) is 9.02. The third-order valence-electron chi connectivity index (χ3n) is 11.9. The molecule has 0 saturated heterocycles. The Kier molecular flexibility index (Phi) is 10.0. The van der Waals surface area contributed by atoms with Crippen LogP contribution in [0.4, 0.5) is 17.1 Å². The van der Waals surface area contributed by atoms with E-state index in [4.69, 9.17) is 0 Å². The van der Waals surface area contributed by atoms with Gasteiger partial charge in [0.1, 0.15) is 0 Å². The van der Waals surface area contributed by atoms with Crippen LogP contribution in [0.25, 0.3) is 51.6 Å². The molecule has 1 aliphatic carbocycles. The molecule has 8 aromatic carbocycles. The molecule has 0 fully saturated rings. The van der Waals surface area contributed by atoms with Gasteiger partial charge in [-0.3, -0.25) is 0 Å². The smallest absolute Gasteiger partial charge is 0.0540 e. The zero-order valence-electron chi connectivity index (χ0n) is 33.4.